The highest BCUT2D eigenvalue weighted by molar-refractivity contribution is 5.94. The highest BCUT2D eigenvalue weighted by Crippen LogP contribution is 2.61. The zero-order chi connectivity index (χ0) is 22.6. The molecule has 5 fully saturated rings. The molecule has 0 unspecified atom stereocenters. The largest absolute Gasteiger partial charge is 0.342 e. The molecule has 174 valence electrons. The van der Waals surface area contributed by atoms with Crippen molar-refractivity contribution in [3.63, 3.8) is 0 Å². The molecule has 2 aromatic heterocycles. The number of rotatable bonds is 5. The lowest BCUT2D eigenvalue weighted by molar-refractivity contribution is -0.124. The Hall–Kier alpha value is -2.90. The molecule has 3 amide bonds. The molecule has 4 saturated carbocycles. The van der Waals surface area contributed by atoms with Gasteiger partial charge < -0.3 is 15.1 Å². The van der Waals surface area contributed by atoms with E-state index in [0.717, 1.165) is 24.2 Å². The van der Waals surface area contributed by atoms with Crippen LogP contribution < -0.4 is 5.32 Å². The van der Waals surface area contributed by atoms with Gasteiger partial charge in [-0.1, -0.05) is 6.07 Å². The summed E-state index contributed by atoms with van der Waals surface area (Å²) in [6, 6.07) is 5.57. The quantitative estimate of drug-likeness (QED) is 0.711. The van der Waals surface area contributed by atoms with E-state index in [4.69, 9.17) is 0 Å². The molecule has 5 aliphatic rings. The van der Waals surface area contributed by atoms with E-state index < -0.39 is 0 Å². The Morgan fingerprint density at radius 1 is 1.03 bits per heavy atom. The summed E-state index contributed by atoms with van der Waals surface area (Å²) in [6.07, 6.45) is 10.9. The Balaban J connectivity index is 1.17. The second-order valence-corrected chi connectivity index (χ2v) is 10.8. The van der Waals surface area contributed by atoms with Crippen LogP contribution in [0.4, 0.5) is 5.82 Å². The molecular formula is C25H31N5O3. The normalized spacial score (nSPS) is 30.6. The Bertz CT molecular complexity index is 1070. The summed E-state index contributed by atoms with van der Waals surface area (Å²) in [5, 5.41) is 3.12. The van der Waals surface area contributed by atoms with Gasteiger partial charge in [-0.05, 0) is 73.8 Å². The smallest absolute Gasteiger partial charge is 0.274 e. The number of nitrogens with one attached hydrogen (secondary N) is 1. The van der Waals surface area contributed by atoms with E-state index in [9.17, 15) is 14.4 Å². The van der Waals surface area contributed by atoms with Gasteiger partial charge >= 0.3 is 0 Å². The van der Waals surface area contributed by atoms with Gasteiger partial charge in [0.1, 0.15) is 17.2 Å². The Labute approximate surface area is 193 Å². The van der Waals surface area contributed by atoms with Crippen LogP contribution in [-0.2, 0) is 9.59 Å². The number of amides is 3. The summed E-state index contributed by atoms with van der Waals surface area (Å²) in [6.45, 7) is 2.07. The predicted octanol–water partition coefficient (Wildman–Crippen LogP) is 2.79. The molecule has 1 saturated heterocycles. The molecule has 4 aliphatic carbocycles. The molecular weight excluding hydrogens is 418 g/mol. The van der Waals surface area contributed by atoms with E-state index in [1.165, 1.54) is 38.5 Å². The summed E-state index contributed by atoms with van der Waals surface area (Å²) in [7, 11) is 0. The standard InChI is InChI=1S/C25H31N5O3/c31-16-28-4-6-29(7-5-28)24(33)20-15-30-21(26-20)2-1-3-22(30)27-23(32)14-25-11-17-8-18(12-25)10-19(9-17)13-25/h1-3,15-19H,4-14H2,(H,27,32). The van der Waals surface area contributed by atoms with Gasteiger partial charge in [-0.15, -0.1) is 0 Å². The predicted molar refractivity (Wildman–Crippen MR) is 123 cm³/mol. The highest BCUT2D eigenvalue weighted by atomic mass is 16.2. The molecule has 8 heteroatoms. The molecule has 7 rings (SSSR count). The van der Waals surface area contributed by atoms with Crippen LogP contribution in [0.2, 0.25) is 0 Å². The van der Waals surface area contributed by atoms with Crippen molar-refractivity contribution in [3.05, 3.63) is 30.1 Å². The van der Waals surface area contributed by atoms with Crippen molar-refractivity contribution in [2.45, 2.75) is 44.9 Å². The molecule has 8 nitrogen and oxygen atoms in total. The number of imidazole rings is 1. The number of carbonyl (C=O) groups excluding carboxylic acids is 3. The number of hydrogen-bond acceptors (Lipinski definition) is 4. The van der Waals surface area contributed by atoms with Crippen molar-refractivity contribution < 1.29 is 14.4 Å². The number of nitrogens with zero attached hydrogens (tertiary/aromatic N) is 4. The molecule has 0 aromatic carbocycles. The average Bonchev–Trinajstić information content (AvgIpc) is 3.23. The lowest BCUT2D eigenvalue weighted by Gasteiger charge is -2.56. The third-order valence-corrected chi connectivity index (χ3v) is 8.43. The average molecular weight is 450 g/mol. The van der Waals surface area contributed by atoms with Crippen molar-refractivity contribution in [2.24, 2.45) is 23.2 Å². The van der Waals surface area contributed by atoms with Gasteiger partial charge in [0.2, 0.25) is 12.3 Å². The van der Waals surface area contributed by atoms with Crippen molar-refractivity contribution in [1.82, 2.24) is 19.2 Å². The Kier molecular flexibility index (Phi) is 4.92. The van der Waals surface area contributed by atoms with Crippen LogP contribution in [0, 0.1) is 23.2 Å². The van der Waals surface area contributed by atoms with E-state index in [0.29, 0.717) is 49.8 Å². The monoisotopic (exact) mass is 449 g/mol. The second kappa shape index (κ2) is 7.85. The van der Waals surface area contributed by atoms with Gasteiger partial charge in [-0.2, -0.15) is 0 Å². The molecule has 33 heavy (non-hydrogen) atoms. The topological polar surface area (TPSA) is 87.0 Å². The fourth-order valence-electron chi connectivity index (χ4n) is 7.44. The summed E-state index contributed by atoms with van der Waals surface area (Å²) in [5.41, 5.74) is 1.18. The Morgan fingerprint density at radius 3 is 2.33 bits per heavy atom. The van der Waals surface area contributed by atoms with Crippen molar-refractivity contribution in [3.8, 4) is 0 Å². The van der Waals surface area contributed by atoms with Crippen LogP contribution in [0.1, 0.15) is 55.4 Å². The fourth-order valence-corrected chi connectivity index (χ4v) is 7.44. The van der Waals surface area contributed by atoms with Crippen LogP contribution in [0.3, 0.4) is 0 Å². The fraction of sp³-hybridized carbons (Fsp3) is 0.600. The van der Waals surface area contributed by atoms with Crippen LogP contribution >= 0.6 is 0 Å². The number of anilines is 1. The van der Waals surface area contributed by atoms with E-state index in [1.54, 1.807) is 20.4 Å². The lowest BCUT2D eigenvalue weighted by atomic mass is 9.49. The molecule has 0 radical (unpaired) electrons. The summed E-state index contributed by atoms with van der Waals surface area (Å²) < 4.78 is 1.80. The number of hydrogen-bond donors (Lipinski definition) is 1. The maximum absolute atomic E-state index is 13.1. The van der Waals surface area contributed by atoms with Crippen molar-refractivity contribution >= 4 is 29.7 Å². The van der Waals surface area contributed by atoms with Crippen LogP contribution in [0.15, 0.2) is 24.4 Å². The van der Waals surface area contributed by atoms with Gasteiger partial charge in [-0.3, -0.25) is 18.8 Å². The Morgan fingerprint density at radius 2 is 1.70 bits per heavy atom. The van der Waals surface area contributed by atoms with Gasteiger partial charge in [0.15, 0.2) is 0 Å². The molecule has 1 N–H and O–H groups in total. The van der Waals surface area contributed by atoms with Crippen LogP contribution in [0.25, 0.3) is 5.65 Å². The molecule has 0 spiro atoms. The first-order valence-electron chi connectivity index (χ1n) is 12.3. The minimum atomic E-state index is -0.143. The van der Waals surface area contributed by atoms with Crippen molar-refractivity contribution in [1.29, 1.82) is 0 Å². The second-order valence-electron chi connectivity index (χ2n) is 10.8. The first kappa shape index (κ1) is 20.7. The molecule has 2 aromatic rings. The first-order chi connectivity index (χ1) is 16.0. The number of piperazine rings is 1. The van der Waals surface area contributed by atoms with E-state index in [-0.39, 0.29) is 17.2 Å². The van der Waals surface area contributed by atoms with E-state index in [1.807, 2.05) is 18.2 Å². The first-order valence-corrected chi connectivity index (χ1v) is 12.3. The molecule has 1 aliphatic heterocycles. The molecule has 0 atom stereocenters. The van der Waals surface area contributed by atoms with Crippen molar-refractivity contribution in [2.75, 3.05) is 31.5 Å². The molecule has 3 heterocycles. The van der Waals surface area contributed by atoms with Gasteiger partial charge in [0.25, 0.3) is 5.91 Å². The van der Waals surface area contributed by atoms with Crippen LogP contribution in [-0.4, -0.2) is 63.6 Å². The highest BCUT2D eigenvalue weighted by Gasteiger charge is 2.51. The third kappa shape index (κ3) is 3.79. The summed E-state index contributed by atoms with van der Waals surface area (Å²) in [5.74, 6) is 3.04. The maximum atomic E-state index is 13.1. The van der Waals surface area contributed by atoms with Crippen LogP contribution in [0.5, 0.6) is 0 Å². The summed E-state index contributed by atoms with van der Waals surface area (Å²) >= 11 is 0. The maximum Gasteiger partial charge on any atom is 0.274 e. The van der Waals surface area contributed by atoms with E-state index in [2.05, 4.69) is 10.3 Å². The van der Waals surface area contributed by atoms with Gasteiger partial charge in [-0.25, -0.2) is 4.98 Å². The third-order valence-electron chi connectivity index (χ3n) is 8.43. The zero-order valence-electron chi connectivity index (χ0n) is 18.9. The SMILES string of the molecule is O=CN1CCN(C(=O)c2cn3c(NC(=O)CC45CC6CC(CC(C6)C4)C5)cccc3n2)CC1. The minimum absolute atomic E-state index is 0.0658. The number of pyridine rings is 1. The summed E-state index contributed by atoms with van der Waals surface area (Å²) in [4.78, 5) is 44.9. The number of fused-ring (bicyclic) bond motifs is 1. The lowest BCUT2D eigenvalue weighted by Crippen LogP contribution is -2.48. The number of aromatic nitrogens is 2. The van der Waals surface area contributed by atoms with Gasteiger partial charge in [0, 0.05) is 38.8 Å². The minimum Gasteiger partial charge on any atom is -0.342 e. The molecule has 4 bridgehead atoms. The zero-order valence-corrected chi connectivity index (χ0v) is 18.9. The van der Waals surface area contributed by atoms with E-state index >= 15 is 0 Å². The number of carbonyl (C=O) groups is 3. The van der Waals surface area contributed by atoms with Gasteiger partial charge in [0.05, 0.1) is 0 Å².